The third-order valence-electron chi connectivity index (χ3n) is 4.40. The van der Waals surface area contributed by atoms with E-state index in [-0.39, 0.29) is 11.8 Å². The lowest BCUT2D eigenvalue weighted by Gasteiger charge is -2.13. The number of hydrogen-bond donors (Lipinski definition) is 1. The van der Waals surface area contributed by atoms with Crippen LogP contribution in [0.3, 0.4) is 0 Å². The Morgan fingerprint density at radius 2 is 2.09 bits per heavy atom. The van der Waals surface area contributed by atoms with E-state index in [9.17, 15) is 4.79 Å². The van der Waals surface area contributed by atoms with E-state index in [1.807, 2.05) is 17.8 Å². The number of carbonyl (C=O) groups is 1. The van der Waals surface area contributed by atoms with E-state index in [1.54, 1.807) is 0 Å². The summed E-state index contributed by atoms with van der Waals surface area (Å²) in [4.78, 5) is 12.4. The van der Waals surface area contributed by atoms with Crippen LogP contribution in [-0.4, -0.2) is 15.7 Å². The molecular weight excluding hydrogens is 274 g/mol. The van der Waals surface area contributed by atoms with Gasteiger partial charge in [-0.3, -0.25) is 4.79 Å². The molecular formula is C18H23N3O. The fraction of sp³-hybridized carbons (Fsp3) is 0.444. The van der Waals surface area contributed by atoms with E-state index < -0.39 is 0 Å². The number of nitrogens with zero attached hydrogens (tertiary/aromatic N) is 2. The molecule has 0 atom stereocenters. The van der Waals surface area contributed by atoms with Crippen molar-refractivity contribution in [3.05, 3.63) is 47.2 Å². The number of aryl methyl sites for hydroxylation is 2. The van der Waals surface area contributed by atoms with E-state index >= 15 is 0 Å². The first kappa shape index (κ1) is 14.8. The monoisotopic (exact) mass is 297 g/mol. The summed E-state index contributed by atoms with van der Waals surface area (Å²) >= 11 is 0. The van der Waals surface area contributed by atoms with Gasteiger partial charge >= 0.3 is 0 Å². The normalized spacial score (nSPS) is 15.2. The molecule has 1 saturated carbocycles. The van der Waals surface area contributed by atoms with Crippen molar-refractivity contribution in [2.75, 3.05) is 5.32 Å². The molecule has 0 saturated heterocycles. The molecule has 116 valence electrons. The molecule has 3 rings (SSSR count). The molecule has 1 N–H and O–H groups in total. The lowest BCUT2D eigenvalue weighted by molar-refractivity contribution is -0.119. The summed E-state index contributed by atoms with van der Waals surface area (Å²) in [6, 6.07) is 8.38. The van der Waals surface area contributed by atoms with Crippen LogP contribution in [-0.2, 0) is 11.3 Å². The van der Waals surface area contributed by atoms with Gasteiger partial charge in [-0.2, -0.15) is 5.10 Å². The van der Waals surface area contributed by atoms with Gasteiger partial charge in [0.25, 0.3) is 0 Å². The van der Waals surface area contributed by atoms with E-state index in [0.717, 1.165) is 24.2 Å². The first-order chi connectivity index (χ1) is 10.6. The molecule has 1 fully saturated rings. The Labute approximate surface area is 131 Å². The molecule has 1 aliphatic carbocycles. The number of hydrogen-bond acceptors (Lipinski definition) is 2. The molecule has 0 spiro atoms. The summed E-state index contributed by atoms with van der Waals surface area (Å²) in [5.41, 5.74) is 3.44. The van der Waals surface area contributed by atoms with Gasteiger partial charge in [0.1, 0.15) is 5.82 Å². The van der Waals surface area contributed by atoms with Gasteiger partial charge in [-0.25, -0.2) is 4.68 Å². The highest BCUT2D eigenvalue weighted by molar-refractivity contribution is 5.92. The van der Waals surface area contributed by atoms with Gasteiger partial charge < -0.3 is 5.32 Å². The predicted molar refractivity (Wildman–Crippen MR) is 87.8 cm³/mol. The highest BCUT2D eigenvalue weighted by Crippen LogP contribution is 2.26. The largest absolute Gasteiger partial charge is 0.310 e. The van der Waals surface area contributed by atoms with Crippen LogP contribution in [0.15, 0.2) is 30.5 Å². The number of anilines is 1. The predicted octanol–water partition coefficient (Wildman–Crippen LogP) is 3.68. The molecule has 22 heavy (non-hydrogen) atoms. The van der Waals surface area contributed by atoms with E-state index in [4.69, 9.17) is 0 Å². The minimum Gasteiger partial charge on any atom is -0.310 e. The lowest BCUT2D eigenvalue weighted by atomic mass is 10.1. The molecule has 1 heterocycles. The molecule has 4 nitrogen and oxygen atoms in total. The molecule has 4 heteroatoms. The molecule has 0 radical (unpaired) electrons. The number of benzene rings is 1. The number of amides is 1. The van der Waals surface area contributed by atoms with Crippen LogP contribution in [0.2, 0.25) is 0 Å². The molecule has 0 unspecified atom stereocenters. The molecule has 0 bridgehead atoms. The first-order valence-corrected chi connectivity index (χ1v) is 8.02. The quantitative estimate of drug-likeness (QED) is 0.936. The van der Waals surface area contributed by atoms with Crippen molar-refractivity contribution < 1.29 is 4.79 Å². The number of carbonyl (C=O) groups excluding carboxylic acids is 1. The lowest BCUT2D eigenvalue weighted by Crippen LogP contribution is -2.23. The van der Waals surface area contributed by atoms with Gasteiger partial charge in [-0.15, -0.1) is 0 Å². The molecule has 1 aromatic carbocycles. The zero-order chi connectivity index (χ0) is 15.5. The summed E-state index contributed by atoms with van der Waals surface area (Å²) in [5.74, 6) is 1.15. The average molecular weight is 297 g/mol. The first-order valence-electron chi connectivity index (χ1n) is 8.02. The molecule has 1 aromatic heterocycles. The van der Waals surface area contributed by atoms with Crippen molar-refractivity contribution in [3.63, 3.8) is 0 Å². The summed E-state index contributed by atoms with van der Waals surface area (Å²) < 4.78 is 1.89. The Kier molecular flexibility index (Phi) is 4.27. The second-order valence-electron chi connectivity index (χ2n) is 6.29. The second kappa shape index (κ2) is 6.34. The average Bonchev–Trinajstić information content (AvgIpc) is 3.12. The van der Waals surface area contributed by atoms with Crippen LogP contribution >= 0.6 is 0 Å². The van der Waals surface area contributed by atoms with Gasteiger partial charge in [0.15, 0.2) is 0 Å². The van der Waals surface area contributed by atoms with E-state index in [1.165, 1.54) is 24.0 Å². The molecule has 2 aromatic rings. The molecule has 0 aliphatic heterocycles. The standard InChI is InChI=1S/C18H23N3O/c1-13-6-5-7-15(10-13)12-21-17(14(2)11-19-21)20-18(22)16-8-3-4-9-16/h5-7,10-11,16H,3-4,8-9,12H2,1-2H3,(H,20,22). The van der Waals surface area contributed by atoms with Crippen LogP contribution in [0, 0.1) is 19.8 Å². The maximum Gasteiger partial charge on any atom is 0.228 e. The minimum atomic E-state index is 0.145. The zero-order valence-corrected chi connectivity index (χ0v) is 13.3. The van der Waals surface area contributed by atoms with Crippen molar-refractivity contribution >= 4 is 11.7 Å². The van der Waals surface area contributed by atoms with Crippen molar-refractivity contribution in [3.8, 4) is 0 Å². The number of rotatable bonds is 4. The highest BCUT2D eigenvalue weighted by atomic mass is 16.2. The van der Waals surface area contributed by atoms with E-state index in [2.05, 4.69) is 41.6 Å². The summed E-state index contributed by atoms with van der Waals surface area (Å²) in [5, 5.41) is 7.52. The minimum absolute atomic E-state index is 0.145. The Morgan fingerprint density at radius 3 is 2.82 bits per heavy atom. The van der Waals surface area contributed by atoms with Crippen molar-refractivity contribution in [2.24, 2.45) is 5.92 Å². The van der Waals surface area contributed by atoms with Gasteiger partial charge in [0.2, 0.25) is 5.91 Å². The van der Waals surface area contributed by atoms with Crippen LogP contribution in [0.5, 0.6) is 0 Å². The van der Waals surface area contributed by atoms with Crippen LogP contribution in [0.4, 0.5) is 5.82 Å². The summed E-state index contributed by atoms with van der Waals surface area (Å²) in [7, 11) is 0. The van der Waals surface area contributed by atoms with Gasteiger partial charge in [-0.05, 0) is 32.3 Å². The third-order valence-corrected chi connectivity index (χ3v) is 4.40. The van der Waals surface area contributed by atoms with Crippen LogP contribution in [0.1, 0.15) is 42.4 Å². The Morgan fingerprint density at radius 1 is 1.32 bits per heavy atom. The Bertz CT molecular complexity index is 669. The smallest absolute Gasteiger partial charge is 0.228 e. The maximum atomic E-state index is 12.4. The second-order valence-corrected chi connectivity index (χ2v) is 6.29. The van der Waals surface area contributed by atoms with E-state index in [0.29, 0.717) is 6.54 Å². The van der Waals surface area contributed by atoms with Crippen LogP contribution in [0.25, 0.3) is 0 Å². The summed E-state index contributed by atoms with van der Waals surface area (Å²) in [6.45, 7) is 4.75. The Hall–Kier alpha value is -2.10. The molecule has 1 aliphatic rings. The maximum absolute atomic E-state index is 12.4. The third kappa shape index (κ3) is 3.21. The van der Waals surface area contributed by atoms with Crippen molar-refractivity contribution in [1.82, 2.24) is 9.78 Å². The topological polar surface area (TPSA) is 46.9 Å². The number of nitrogens with one attached hydrogen (secondary N) is 1. The van der Waals surface area contributed by atoms with Gasteiger partial charge in [-0.1, -0.05) is 42.7 Å². The van der Waals surface area contributed by atoms with Gasteiger partial charge in [0, 0.05) is 11.5 Å². The van der Waals surface area contributed by atoms with Crippen molar-refractivity contribution in [2.45, 2.75) is 46.1 Å². The highest BCUT2D eigenvalue weighted by Gasteiger charge is 2.24. The Balaban J connectivity index is 1.77. The van der Waals surface area contributed by atoms with Crippen molar-refractivity contribution in [1.29, 1.82) is 0 Å². The van der Waals surface area contributed by atoms with Gasteiger partial charge in [0.05, 0.1) is 12.7 Å². The number of aromatic nitrogens is 2. The molecule has 1 amide bonds. The fourth-order valence-corrected chi connectivity index (χ4v) is 3.15. The fourth-order valence-electron chi connectivity index (χ4n) is 3.15. The summed E-state index contributed by atoms with van der Waals surface area (Å²) in [6.07, 6.45) is 6.17. The van der Waals surface area contributed by atoms with Crippen LogP contribution < -0.4 is 5.32 Å². The zero-order valence-electron chi connectivity index (χ0n) is 13.3. The SMILES string of the molecule is Cc1cccc(Cn2ncc(C)c2NC(=O)C2CCCC2)c1.